The number of nitrogens with zero attached hydrogens (tertiary/aromatic N) is 7. The number of carbonyl (C=O) groups is 5. The van der Waals surface area contributed by atoms with Crippen LogP contribution < -0.4 is 0 Å². The molecule has 10 aromatic rings. The lowest BCUT2D eigenvalue weighted by molar-refractivity contribution is 0.0682. The Balaban J connectivity index is 0.000000151. The summed E-state index contributed by atoms with van der Waals surface area (Å²) in [4.78, 5) is 59.5. The number of rotatable bonds is 10. The van der Waals surface area contributed by atoms with E-state index in [4.69, 9.17) is 46.2 Å². The fraction of sp³-hybridized carbons (Fsp3) is 0.0577. The van der Waals surface area contributed by atoms with Gasteiger partial charge in [0.1, 0.15) is 44.7 Å². The van der Waals surface area contributed by atoms with Gasteiger partial charge in [-0.15, -0.1) is 16.4 Å². The van der Waals surface area contributed by atoms with Crippen molar-refractivity contribution in [3.63, 3.8) is 0 Å². The molecule has 374 valence electrons. The van der Waals surface area contributed by atoms with Gasteiger partial charge in [0.05, 0.1) is 16.1 Å². The highest BCUT2D eigenvalue weighted by molar-refractivity contribution is 7.15. The van der Waals surface area contributed by atoms with Gasteiger partial charge in [0.15, 0.2) is 16.3 Å². The number of benzene rings is 5. The molecule has 10 rings (SSSR count). The normalized spacial score (nSPS) is 10.2. The molecule has 0 amide bonds. The van der Waals surface area contributed by atoms with Crippen molar-refractivity contribution >= 4 is 64.3 Å². The van der Waals surface area contributed by atoms with E-state index < -0.39 is 29.8 Å². The van der Waals surface area contributed by atoms with Crippen LogP contribution in [-0.2, 0) is 7.05 Å². The van der Waals surface area contributed by atoms with Crippen LogP contribution in [0, 0.1) is 13.8 Å². The first-order chi connectivity index (χ1) is 35.6. The summed E-state index contributed by atoms with van der Waals surface area (Å²) in [6.07, 6.45) is 1.20. The molecule has 5 aromatic heterocycles. The Kier molecular flexibility index (Phi) is 18.7. The van der Waals surface area contributed by atoms with Gasteiger partial charge in [-0.1, -0.05) is 178 Å². The van der Waals surface area contributed by atoms with Gasteiger partial charge in [0.2, 0.25) is 0 Å². The first-order valence-electron chi connectivity index (χ1n) is 21.4. The highest BCUT2D eigenvalue weighted by Gasteiger charge is 2.23. The molecule has 0 radical (unpaired) electrons. The molecule has 5 heterocycles. The van der Waals surface area contributed by atoms with Crippen molar-refractivity contribution in [3.8, 4) is 55.5 Å². The number of aryl methyl sites for hydroxylation is 3. The molecule has 0 unspecified atom stereocenters. The van der Waals surface area contributed by atoms with E-state index in [1.54, 1.807) is 50.4 Å². The van der Waals surface area contributed by atoms with Crippen LogP contribution in [0.15, 0.2) is 167 Å². The van der Waals surface area contributed by atoms with Crippen molar-refractivity contribution in [2.45, 2.75) is 13.8 Å². The van der Waals surface area contributed by atoms with E-state index in [1.165, 1.54) is 22.2 Å². The van der Waals surface area contributed by atoms with Crippen LogP contribution in [0.5, 0.6) is 0 Å². The molecule has 0 fully saturated rings. The SMILES string of the molecule is Cc1nc(C(=O)O)c(-c2ccccc2)s1.Cc1onc(-c2ccccc2)c1C(=O)O.Cn1nc(-c2ccccc2)c(C(=O)O)c1Cl.O=C(O)c1cnoc1-c1ccccc1.O=C(O)c1snnc1-c1ccccc1. The van der Waals surface area contributed by atoms with Crippen molar-refractivity contribution in [2.75, 3.05) is 0 Å². The average Bonchev–Trinajstić information content (AvgIpc) is 4.28. The van der Waals surface area contributed by atoms with Gasteiger partial charge in [-0.3, -0.25) is 4.68 Å². The zero-order valence-electron chi connectivity index (χ0n) is 38.9. The summed E-state index contributed by atoms with van der Waals surface area (Å²) in [5, 5.41) is 60.7. The maximum atomic E-state index is 11.1. The number of carboxylic acids is 5. The standard InChI is InChI=1S/C11H9ClN2O2.C11H9NO3.C11H9NO2S.C10H7NO3.C9H6N2O2S/c1-14-10(12)8(11(15)16)9(13-14)7-5-3-2-4-6-7;1-7-9(11(13)14)10(12-15-7)8-5-3-2-4-6-8;1-7-12-9(11(13)14)10(15-7)8-5-3-2-4-6-8;12-10(13)8-6-11-14-9(8)7-4-2-1-3-5-7;12-9(13)8-7(10-11-14-8)6-4-2-1-3-5-6/h2-6H,1H3,(H,15,16);2*2-6H,1H3,(H,13,14);1-6H,(H,12,13);1-5H,(H,12,13). The first-order valence-corrected chi connectivity index (χ1v) is 23.4. The third-order valence-electron chi connectivity index (χ3n) is 9.90. The summed E-state index contributed by atoms with van der Waals surface area (Å²) >= 11 is 8.17. The van der Waals surface area contributed by atoms with Gasteiger partial charge in [-0.25, -0.2) is 29.0 Å². The number of carboxylic acid groups (broad SMARTS) is 5. The maximum Gasteiger partial charge on any atom is 0.356 e. The number of hydrogen-bond acceptors (Lipinski definition) is 15. The molecule has 0 saturated carbocycles. The zero-order valence-corrected chi connectivity index (χ0v) is 41.3. The Morgan fingerprint density at radius 1 is 0.554 bits per heavy atom. The largest absolute Gasteiger partial charge is 0.478 e. The molecule has 74 heavy (non-hydrogen) atoms. The van der Waals surface area contributed by atoms with Crippen LogP contribution in [0.2, 0.25) is 5.15 Å². The average molecular weight is 1050 g/mol. The Morgan fingerprint density at radius 2 is 1.03 bits per heavy atom. The summed E-state index contributed by atoms with van der Waals surface area (Å²) in [5.74, 6) is -4.48. The summed E-state index contributed by atoms with van der Waals surface area (Å²) < 4.78 is 14.7. The van der Waals surface area contributed by atoms with E-state index in [2.05, 4.69) is 30.0 Å². The van der Waals surface area contributed by atoms with Gasteiger partial charge in [-0.05, 0) is 30.9 Å². The van der Waals surface area contributed by atoms with Crippen LogP contribution in [0.25, 0.3) is 55.5 Å². The lowest BCUT2D eigenvalue weighted by Gasteiger charge is -1.97. The second-order valence-electron chi connectivity index (χ2n) is 14.9. The summed E-state index contributed by atoms with van der Waals surface area (Å²) in [6.45, 7) is 3.40. The summed E-state index contributed by atoms with van der Waals surface area (Å²) in [7, 11) is 1.61. The molecular formula is C52H40ClN7O12S2. The van der Waals surface area contributed by atoms with E-state index in [-0.39, 0.29) is 38.2 Å². The van der Waals surface area contributed by atoms with Gasteiger partial charge < -0.3 is 34.6 Å². The van der Waals surface area contributed by atoms with Gasteiger partial charge in [0, 0.05) is 29.3 Å². The number of halogens is 1. The van der Waals surface area contributed by atoms with Crippen molar-refractivity contribution in [1.29, 1.82) is 0 Å². The highest BCUT2D eigenvalue weighted by Crippen LogP contribution is 2.31. The monoisotopic (exact) mass is 1050 g/mol. The number of aromatic nitrogens is 7. The minimum Gasteiger partial charge on any atom is -0.478 e. The fourth-order valence-electron chi connectivity index (χ4n) is 6.57. The van der Waals surface area contributed by atoms with E-state index in [0.717, 1.165) is 43.7 Å². The number of thiazole rings is 1. The molecule has 0 spiro atoms. The van der Waals surface area contributed by atoms with Crippen LogP contribution in [0.3, 0.4) is 0 Å². The van der Waals surface area contributed by atoms with E-state index in [1.807, 2.05) is 122 Å². The Bertz CT molecular complexity index is 3370. The van der Waals surface area contributed by atoms with Crippen molar-refractivity contribution < 1.29 is 58.6 Å². The molecule has 0 aliphatic rings. The van der Waals surface area contributed by atoms with Crippen molar-refractivity contribution in [1.82, 2.24) is 34.7 Å². The van der Waals surface area contributed by atoms with Gasteiger partial charge in [0.25, 0.3) is 0 Å². The zero-order chi connectivity index (χ0) is 53.3. The molecule has 5 N–H and O–H groups in total. The summed E-state index contributed by atoms with van der Waals surface area (Å²) in [5.41, 5.74) is 5.46. The minimum atomic E-state index is -1.07. The van der Waals surface area contributed by atoms with Crippen LogP contribution >= 0.6 is 34.5 Å². The van der Waals surface area contributed by atoms with E-state index in [0.29, 0.717) is 28.4 Å². The highest BCUT2D eigenvalue weighted by atomic mass is 35.5. The minimum absolute atomic E-state index is 0.0374. The topological polar surface area (TPSA) is 295 Å². The maximum absolute atomic E-state index is 11.1. The molecule has 19 nitrogen and oxygen atoms in total. The van der Waals surface area contributed by atoms with Crippen LogP contribution in [-0.4, -0.2) is 90.0 Å². The second kappa shape index (κ2) is 25.6. The smallest absolute Gasteiger partial charge is 0.356 e. The fourth-order valence-corrected chi connectivity index (χ4v) is 8.22. The Hall–Kier alpha value is -9.44. The Labute approximate surface area is 433 Å². The third kappa shape index (κ3) is 13.7. The van der Waals surface area contributed by atoms with E-state index >= 15 is 0 Å². The molecule has 0 aliphatic heterocycles. The van der Waals surface area contributed by atoms with Gasteiger partial charge >= 0.3 is 29.8 Å². The van der Waals surface area contributed by atoms with Gasteiger partial charge in [-0.2, -0.15) is 5.10 Å². The molecule has 0 saturated heterocycles. The van der Waals surface area contributed by atoms with Crippen LogP contribution in [0.1, 0.15) is 62.0 Å². The van der Waals surface area contributed by atoms with E-state index in [9.17, 15) is 24.0 Å². The Morgan fingerprint density at radius 3 is 1.50 bits per heavy atom. The molecule has 0 aliphatic carbocycles. The lowest BCUT2D eigenvalue weighted by atomic mass is 10.1. The molecule has 22 heteroatoms. The number of aromatic carboxylic acids is 5. The first kappa shape index (κ1) is 53.9. The third-order valence-corrected chi connectivity index (χ3v) is 12.1. The predicted octanol–water partition coefficient (Wildman–Crippen LogP) is 11.5. The second-order valence-corrected chi connectivity index (χ2v) is 17.2. The predicted molar refractivity (Wildman–Crippen MR) is 275 cm³/mol. The molecular weight excluding hydrogens is 1010 g/mol. The summed E-state index contributed by atoms with van der Waals surface area (Å²) in [6, 6.07) is 45.8. The number of hydrogen-bond donors (Lipinski definition) is 5. The van der Waals surface area contributed by atoms with Crippen LogP contribution in [0.4, 0.5) is 0 Å². The van der Waals surface area contributed by atoms with Crippen molar-refractivity contribution in [2.24, 2.45) is 7.05 Å². The lowest BCUT2D eigenvalue weighted by Crippen LogP contribution is -1.98. The molecule has 0 atom stereocenters. The quantitative estimate of drug-likeness (QED) is 0.0850. The molecule has 5 aromatic carbocycles. The molecule has 0 bridgehead atoms. The van der Waals surface area contributed by atoms with Crippen molar-refractivity contribution in [3.05, 3.63) is 201 Å².